The van der Waals surface area contributed by atoms with Crippen molar-refractivity contribution in [2.24, 2.45) is 11.8 Å². The first-order valence-electron chi connectivity index (χ1n) is 13.3. The highest BCUT2D eigenvalue weighted by Crippen LogP contribution is 2.36. The Morgan fingerprint density at radius 2 is 2.03 bits per heavy atom. The van der Waals surface area contributed by atoms with Crippen LogP contribution in [-0.2, 0) is 11.2 Å². The Morgan fingerprint density at radius 1 is 1.19 bits per heavy atom. The van der Waals surface area contributed by atoms with Crippen molar-refractivity contribution in [1.82, 2.24) is 19.9 Å². The number of alkyl halides is 1. The molecule has 1 saturated heterocycles. The number of likely N-dealkylation sites (tertiary alicyclic amines) is 1. The zero-order chi connectivity index (χ0) is 26.0. The second-order valence-corrected chi connectivity index (χ2v) is 10.1. The number of aliphatic carboxylic acids is 1. The second kappa shape index (κ2) is 13.4. The average molecular weight is 509 g/mol. The number of aromatic nitrogens is 3. The van der Waals surface area contributed by atoms with Gasteiger partial charge in [0.15, 0.2) is 0 Å². The molecule has 1 fully saturated rings. The Bertz CT molecular complexity index is 1150. The molecule has 37 heavy (non-hydrogen) atoms. The largest absolute Gasteiger partial charge is 0.497 e. The molecule has 1 unspecified atom stereocenters. The molecular formula is C29H37FN4O3. The summed E-state index contributed by atoms with van der Waals surface area (Å²) in [5, 5.41) is 10.1. The predicted octanol–water partition coefficient (Wildman–Crippen LogP) is 5.65. The van der Waals surface area contributed by atoms with Gasteiger partial charge in [0, 0.05) is 36.9 Å². The van der Waals surface area contributed by atoms with Gasteiger partial charge in [-0.1, -0.05) is 0 Å². The number of piperidine rings is 1. The van der Waals surface area contributed by atoms with Crippen LogP contribution in [0, 0.1) is 11.8 Å². The molecule has 3 atom stereocenters. The minimum atomic E-state index is -1.10. The van der Waals surface area contributed by atoms with Gasteiger partial charge in [0.05, 0.1) is 12.6 Å². The Labute approximate surface area is 218 Å². The van der Waals surface area contributed by atoms with Crippen molar-refractivity contribution >= 4 is 16.9 Å². The number of pyridine rings is 1. The molecule has 7 nitrogen and oxygen atoms in total. The molecule has 3 aromatic rings. The molecule has 4 rings (SSSR count). The van der Waals surface area contributed by atoms with Crippen molar-refractivity contribution in [3.63, 3.8) is 0 Å². The summed E-state index contributed by atoms with van der Waals surface area (Å²) in [6.07, 6.45) is 11.9. The van der Waals surface area contributed by atoms with Gasteiger partial charge < -0.3 is 14.7 Å². The lowest BCUT2D eigenvalue weighted by molar-refractivity contribution is -0.137. The number of carboxylic acid groups (broad SMARTS) is 1. The van der Waals surface area contributed by atoms with E-state index < -0.39 is 12.1 Å². The zero-order valence-electron chi connectivity index (χ0n) is 21.6. The fourth-order valence-corrected chi connectivity index (χ4v) is 5.56. The van der Waals surface area contributed by atoms with Crippen molar-refractivity contribution in [3.8, 4) is 5.75 Å². The number of carbonyl (C=O) groups is 1. The van der Waals surface area contributed by atoms with E-state index in [0.29, 0.717) is 30.1 Å². The van der Waals surface area contributed by atoms with Gasteiger partial charge >= 0.3 is 5.97 Å². The third kappa shape index (κ3) is 7.68. The maximum Gasteiger partial charge on any atom is 0.303 e. The number of aryl methyl sites for hydroxylation is 1. The van der Waals surface area contributed by atoms with Crippen LogP contribution in [0.15, 0.2) is 49.2 Å². The minimum absolute atomic E-state index is 0.164. The summed E-state index contributed by atoms with van der Waals surface area (Å²) >= 11 is 0. The van der Waals surface area contributed by atoms with E-state index in [1.807, 2.05) is 30.6 Å². The lowest BCUT2D eigenvalue weighted by atomic mass is 9.79. The summed E-state index contributed by atoms with van der Waals surface area (Å²) in [7, 11) is 1.60. The Balaban J connectivity index is 1.32. The summed E-state index contributed by atoms with van der Waals surface area (Å²) in [5.74, 6) is 0.528. The number of nitrogens with zero attached hydrogens (tertiary/aromatic N) is 4. The van der Waals surface area contributed by atoms with E-state index >= 15 is 4.39 Å². The van der Waals surface area contributed by atoms with Crippen molar-refractivity contribution in [3.05, 3.63) is 60.3 Å². The normalized spacial score (nSPS) is 19.1. The van der Waals surface area contributed by atoms with Gasteiger partial charge in [0.25, 0.3) is 0 Å². The monoisotopic (exact) mass is 508 g/mol. The van der Waals surface area contributed by atoms with Crippen LogP contribution in [-0.4, -0.2) is 57.7 Å². The van der Waals surface area contributed by atoms with E-state index in [-0.39, 0.29) is 12.3 Å². The lowest BCUT2D eigenvalue weighted by Crippen LogP contribution is -2.41. The van der Waals surface area contributed by atoms with Gasteiger partial charge in [-0.3, -0.25) is 9.78 Å². The molecule has 0 amide bonds. The number of hydrogen-bond donors (Lipinski definition) is 1. The molecule has 1 aromatic carbocycles. The van der Waals surface area contributed by atoms with Crippen molar-refractivity contribution in [1.29, 1.82) is 0 Å². The van der Waals surface area contributed by atoms with Gasteiger partial charge in [-0.25, -0.2) is 14.4 Å². The summed E-state index contributed by atoms with van der Waals surface area (Å²) < 4.78 is 20.9. The van der Waals surface area contributed by atoms with Crippen molar-refractivity contribution in [2.45, 2.75) is 57.5 Å². The molecule has 0 spiro atoms. The molecule has 1 aliphatic rings. The first kappa shape index (κ1) is 26.9. The fourth-order valence-electron chi connectivity index (χ4n) is 5.56. The molecule has 1 N–H and O–H groups in total. The van der Waals surface area contributed by atoms with E-state index in [9.17, 15) is 9.90 Å². The molecule has 198 valence electrons. The number of hydrogen-bond acceptors (Lipinski definition) is 6. The third-order valence-electron chi connectivity index (χ3n) is 7.62. The molecular weight excluding hydrogens is 471 g/mol. The van der Waals surface area contributed by atoms with Gasteiger partial charge in [-0.15, -0.1) is 0 Å². The highest BCUT2D eigenvalue weighted by atomic mass is 19.1. The molecule has 3 heterocycles. The number of methoxy groups -OCH3 is 1. The SMILES string of the molecule is COc1ccc2nccc(C(F)CC[C@@H]3CCN(CCCCc4cncnc4)C[C@@H]3CCC(=O)O)c2c1. The van der Waals surface area contributed by atoms with Gasteiger partial charge in [-0.05, 0) is 105 Å². The summed E-state index contributed by atoms with van der Waals surface area (Å²) in [6.45, 7) is 2.87. The topological polar surface area (TPSA) is 88.4 Å². The minimum Gasteiger partial charge on any atom is -0.497 e. The number of benzene rings is 1. The van der Waals surface area contributed by atoms with Gasteiger partial charge in [0.2, 0.25) is 0 Å². The summed E-state index contributed by atoms with van der Waals surface area (Å²) in [5.41, 5.74) is 2.56. The molecule has 1 aliphatic heterocycles. The maximum absolute atomic E-state index is 15.5. The molecule has 0 saturated carbocycles. The molecule has 8 heteroatoms. The molecule has 0 bridgehead atoms. The fraction of sp³-hybridized carbons (Fsp3) is 0.517. The number of carboxylic acids is 1. The predicted molar refractivity (Wildman–Crippen MR) is 141 cm³/mol. The van der Waals surface area contributed by atoms with Crippen LogP contribution in [0.1, 0.15) is 62.2 Å². The van der Waals surface area contributed by atoms with Crippen LogP contribution in [0.25, 0.3) is 10.9 Å². The summed E-state index contributed by atoms with van der Waals surface area (Å²) in [6, 6.07) is 7.31. The number of fused-ring (bicyclic) bond motifs is 1. The van der Waals surface area contributed by atoms with E-state index in [1.165, 1.54) is 0 Å². The van der Waals surface area contributed by atoms with Crippen LogP contribution >= 0.6 is 0 Å². The molecule has 0 aliphatic carbocycles. The van der Waals surface area contributed by atoms with E-state index in [2.05, 4.69) is 19.9 Å². The Hall–Kier alpha value is -3.13. The highest BCUT2D eigenvalue weighted by Gasteiger charge is 2.30. The van der Waals surface area contributed by atoms with Crippen LogP contribution in [0.2, 0.25) is 0 Å². The number of unbranched alkanes of at least 4 members (excludes halogenated alkanes) is 1. The number of ether oxygens (including phenoxy) is 1. The third-order valence-corrected chi connectivity index (χ3v) is 7.62. The number of halogens is 1. The molecule has 2 aromatic heterocycles. The quantitative estimate of drug-likeness (QED) is 0.299. The van der Waals surface area contributed by atoms with Gasteiger partial charge in [0.1, 0.15) is 18.2 Å². The first-order chi connectivity index (χ1) is 18.0. The number of rotatable bonds is 13. The second-order valence-electron chi connectivity index (χ2n) is 10.1. The van der Waals surface area contributed by atoms with Crippen LogP contribution in [0.3, 0.4) is 0 Å². The van der Waals surface area contributed by atoms with E-state index in [4.69, 9.17) is 4.74 Å². The van der Waals surface area contributed by atoms with Crippen molar-refractivity contribution in [2.75, 3.05) is 26.7 Å². The average Bonchev–Trinajstić information content (AvgIpc) is 2.93. The smallest absolute Gasteiger partial charge is 0.303 e. The first-order valence-corrected chi connectivity index (χ1v) is 13.3. The lowest BCUT2D eigenvalue weighted by Gasteiger charge is -2.39. The standard InChI is InChI=1S/C29H37FN4O3/c1-37-24-7-9-28-26(16-24)25(11-13-33-28)27(30)8-5-22-12-15-34(19-23(22)6-10-29(35)36)14-3-2-4-21-17-31-20-32-18-21/h7,9,11,13,16-18,20,22-23,27H,2-6,8,10,12,14-15,19H2,1H3,(H,35,36)/t22-,23+,27?/m1/s1. The summed E-state index contributed by atoms with van der Waals surface area (Å²) in [4.78, 5) is 26.3. The van der Waals surface area contributed by atoms with E-state index in [1.54, 1.807) is 25.7 Å². The Kier molecular flexibility index (Phi) is 9.77. The zero-order valence-corrected chi connectivity index (χ0v) is 21.6. The van der Waals surface area contributed by atoms with Crippen molar-refractivity contribution < 1.29 is 19.0 Å². The van der Waals surface area contributed by atoms with Crippen LogP contribution in [0.5, 0.6) is 5.75 Å². The van der Waals surface area contributed by atoms with E-state index in [0.717, 1.165) is 68.2 Å². The molecule has 0 radical (unpaired) electrons. The highest BCUT2D eigenvalue weighted by molar-refractivity contribution is 5.83. The van der Waals surface area contributed by atoms with Crippen LogP contribution < -0.4 is 4.74 Å². The maximum atomic E-state index is 15.5. The van der Waals surface area contributed by atoms with Gasteiger partial charge in [-0.2, -0.15) is 0 Å². The van der Waals surface area contributed by atoms with Crippen LogP contribution in [0.4, 0.5) is 4.39 Å². The Morgan fingerprint density at radius 3 is 2.81 bits per heavy atom.